The molecule has 0 N–H and O–H groups in total. The third kappa shape index (κ3) is 13.3. The van der Waals surface area contributed by atoms with Crippen molar-refractivity contribution in [1.29, 1.82) is 0 Å². The topological polar surface area (TPSA) is 64.6 Å². The zero-order chi connectivity index (χ0) is 45.4. The summed E-state index contributed by atoms with van der Waals surface area (Å²) in [5.74, 6) is 1.37. The van der Waals surface area contributed by atoms with E-state index in [4.69, 9.17) is 9.47 Å². The van der Waals surface area contributed by atoms with Crippen LogP contribution in [0.4, 0.5) is 0 Å². The van der Waals surface area contributed by atoms with E-state index in [0.29, 0.717) is 47.0 Å². The minimum atomic E-state index is -0.0668. The van der Waals surface area contributed by atoms with Gasteiger partial charge in [0, 0.05) is 11.1 Å². The summed E-state index contributed by atoms with van der Waals surface area (Å²) in [6, 6.07) is 37.0. The third-order valence-electron chi connectivity index (χ3n) is 11.8. The fraction of sp³-hybridized carbons (Fsp3) is 0.379. The number of rotatable bonds is 11. The molecule has 0 fully saturated rings. The summed E-state index contributed by atoms with van der Waals surface area (Å²) in [6.45, 7) is 31.7. The molecule has 0 saturated carbocycles. The van der Waals surface area contributed by atoms with E-state index in [1.807, 2.05) is 72.8 Å². The van der Waals surface area contributed by atoms with Gasteiger partial charge in [-0.1, -0.05) is 192 Å². The van der Waals surface area contributed by atoms with Gasteiger partial charge in [0.05, 0.1) is 13.2 Å². The Kier molecular flexibility index (Phi) is 18.5. The molecule has 6 aromatic carbocycles. The van der Waals surface area contributed by atoms with Crippen LogP contribution in [0.25, 0.3) is 44.5 Å². The molecule has 7 heteroatoms. The van der Waals surface area contributed by atoms with Crippen LogP contribution in [0.1, 0.15) is 129 Å². The van der Waals surface area contributed by atoms with Crippen LogP contribution in [-0.2, 0) is 47.5 Å². The molecule has 0 atom stereocenters. The zero-order valence-corrected chi connectivity index (χ0v) is 46.2. The smallest absolute Gasteiger partial charge is 1.00 e. The maximum absolute atomic E-state index is 14.4. The molecule has 0 radical (unpaired) electrons. The van der Waals surface area contributed by atoms with Crippen LogP contribution in [0.15, 0.2) is 109 Å². The van der Waals surface area contributed by atoms with Crippen molar-refractivity contribution in [3.8, 4) is 67.5 Å². The number of benzene rings is 6. The van der Waals surface area contributed by atoms with Crippen molar-refractivity contribution in [2.24, 2.45) is 0 Å². The molecule has 0 aromatic heterocycles. The number of halogens is 2. The molecule has 0 spiro atoms. The standard InChI is InChI=1S/C58H70O4.2ClH.Hf/c1-37-27-47(39-31-41(55(3,4)5)35-42(32-39)56(6,7)8)53(59)49(29-37)45-21-15-17-23-51(45)61-25-19-20-26-62-52-24-18-16-22-46(52)50-30-38(2)28-48(54(50)60)40-33-43(57(9,10)11)36-44(34-40)58(12,13)14;;;/h15-18,21-24,27-36,59-60H,19-20,25-26H2,1-14H3;2*1H;/q;;;+4/p-4. The van der Waals surface area contributed by atoms with E-state index in [1.54, 1.807) is 0 Å². The summed E-state index contributed by atoms with van der Waals surface area (Å²) in [5, 5.41) is 28.8. The average molecular weight is 1080 g/mol. The Morgan fingerprint density at radius 3 is 0.954 bits per heavy atom. The van der Waals surface area contributed by atoms with Gasteiger partial charge in [-0.05, 0) is 127 Å². The number of aryl methyl sites for hydroxylation is 2. The van der Waals surface area contributed by atoms with Crippen LogP contribution in [0.5, 0.6) is 23.0 Å². The van der Waals surface area contributed by atoms with Gasteiger partial charge in [0.25, 0.3) is 0 Å². The van der Waals surface area contributed by atoms with Gasteiger partial charge in [-0.3, -0.25) is 0 Å². The SMILES string of the molecule is Cc1cc(-c2cc(C(C)(C)C)cc(C(C)(C)C)c2)c([O-])c(-c2ccccc2OCCCCOc2ccccc2-c2cc(C)cc(-c3cc(C(C)(C)C)cc(C(C)(C)C)c3)c2[O-])c1.[Cl-].[Cl-].[Hf+4]. The molecule has 0 aliphatic carbocycles. The molecular weight excluding hydrogens is 1010 g/mol. The Balaban J connectivity index is 0.00000374. The maximum atomic E-state index is 14.4. The van der Waals surface area contributed by atoms with Crippen molar-refractivity contribution >= 4 is 0 Å². The summed E-state index contributed by atoms with van der Waals surface area (Å²) in [7, 11) is 0. The molecule has 6 aromatic rings. The molecule has 6 rings (SSSR count). The van der Waals surface area contributed by atoms with Crippen LogP contribution in [-0.4, -0.2) is 13.2 Å². The minimum absolute atomic E-state index is 0. The molecule has 0 amide bonds. The first-order valence-corrected chi connectivity index (χ1v) is 22.3. The van der Waals surface area contributed by atoms with E-state index in [9.17, 15) is 10.2 Å². The first-order chi connectivity index (χ1) is 28.9. The van der Waals surface area contributed by atoms with Gasteiger partial charge in [-0.15, -0.1) is 0 Å². The van der Waals surface area contributed by atoms with E-state index in [2.05, 4.69) is 133 Å². The van der Waals surface area contributed by atoms with Gasteiger partial charge in [0.15, 0.2) is 0 Å². The van der Waals surface area contributed by atoms with Crippen molar-refractivity contribution in [2.75, 3.05) is 13.2 Å². The Labute approximate surface area is 422 Å². The van der Waals surface area contributed by atoms with Crippen LogP contribution < -0.4 is 44.5 Å². The number of para-hydroxylation sites is 2. The van der Waals surface area contributed by atoms with Crippen LogP contribution >= 0.6 is 0 Å². The largest absolute Gasteiger partial charge is 4.00 e. The second-order valence-electron chi connectivity index (χ2n) is 21.4. The van der Waals surface area contributed by atoms with Crippen LogP contribution in [0, 0.1) is 13.8 Å². The molecule has 0 unspecified atom stereocenters. The average Bonchev–Trinajstić information content (AvgIpc) is 3.19. The summed E-state index contributed by atoms with van der Waals surface area (Å²) in [4.78, 5) is 0. The van der Waals surface area contributed by atoms with Gasteiger partial charge >= 0.3 is 25.8 Å². The minimum Gasteiger partial charge on any atom is -1.00 e. The molecule has 0 bridgehead atoms. The van der Waals surface area contributed by atoms with Gasteiger partial charge < -0.3 is 44.5 Å². The Hall–Kier alpha value is -4.03. The van der Waals surface area contributed by atoms with Gasteiger partial charge in [0.2, 0.25) is 0 Å². The number of hydrogen-bond acceptors (Lipinski definition) is 4. The predicted molar refractivity (Wildman–Crippen MR) is 258 cm³/mol. The Morgan fingerprint density at radius 1 is 0.385 bits per heavy atom. The molecule has 0 saturated heterocycles. The van der Waals surface area contributed by atoms with Crippen LogP contribution in [0.3, 0.4) is 0 Å². The normalized spacial score (nSPS) is 11.8. The van der Waals surface area contributed by atoms with Gasteiger partial charge in [0.1, 0.15) is 11.5 Å². The van der Waals surface area contributed by atoms with E-state index in [-0.39, 0.29) is 83.8 Å². The van der Waals surface area contributed by atoms with Crippen molar-refractivity contribution in [2.45, 2.75) is 131 Å². The number of ether oxygens (including phenoxy) is 2. The fourth-order valence-corrected chi connectivity index (χ4v) is 7.87. The van der Waals surface area contributed by atoms with E-state index < -0.39 is 0 Å². The first-order valence-electron chi connectivity index (χ1n) is 22.3. The van der Waals surface area contributed by atoms with Crippen molar-refractivity contribution in [3.05, 3.63) is 143 Å². The van der Waals surface area contributed by atoms with Crippen LogP contribution in [0.2, 0.25) is 0 Å². The van der Waals surface area contributed by atoms with Crippen molar-refractivity contribution in [1.82, 2.24) is 0 Å². The van der Waals surface area contributed by atoms with E-state index in [1.165, 1.54) is 22.3 Å². The zero-order valence-electron chi connectivity index (χ0n) is 41.1. The number of hydrogen-bond donors (Lipinski definition) is 0. The monoisotopic (exact) mass is 1080 g/mol. The molecular formula is C58H68Cl2HfO4. The second-order valence-corrected chi connectivity index (χ2v) is 21.4. The summed E-state index contributed by atoms with van der Waals surface area (Å²) in [5.41, 5.74) is 12.8. The third-order valence-corrected chi connectivity index (χ3v) is 11.8. The summed E-state index contributed by atoms with van der Waals surface area (Å²) < 4.78 is 12.8. The molecule has 0 aliphatic heterocycles. The Morgan fingerprint density at radius 2 is 0.662 bits per heavy atom. The molecule has 0 heterocycles. The van der Waals surface area contributed by atoms with Gasteiger partial charge in [-0.25, -0.2) is 0 Å². The number of unbranched alkanes of at least 4 members (excludes halogenated alkanes) is 1. The fourth-order valence-electron chi connectivity index (χ4n) is 7.87. The Bertz CT molecular complexity index is 2320. The first kappa shape index (κ1) is 55.3. The molecule has 4 nitrogen and oxygen atoms in total. The summed E-state index contributed by atoms with van der Waals surface area (Å²) >= 11 is 0. The predicted octanol–water partition coefficient (Wildman–Crippen LogP) is 8.55. The maximum Gasteiger partial charge on any atom is 4.00 e. The quantitative estimate of drug-likeness (QED) is 0.0965. The molecule has 65 heavy (non-hydrogen) atoms. The van der Waals surface area contributed by atoms with Crippen molar-refractivity contribution in [3.63, 3.8) is 0 Å². The van der Waals surface area contributed by atoms with Crippen molar-refractivity contribution < 1.29 is 70.3 Å². The molecule has 0 aliphatic rings. The van der Waals surface area contributed by atoms with Gasteiger partial charge in [-0.2, -0.15) is 0 Å². The molecule has 342 valence electrons. The second kappa shape index (κ2) is 21.7. The van der Waals surface area contributed by atoms with E-state index >= 15 is 0 Å². The summed E-state index contributed by atoms with van der Waals surface area (Å²) in [6.07, 6.45) is 1.49. The van der Waals surface area contributed by atoms with E-state index in [0.717, 1.165) is 46.2 Å².